The molecule has 100 valence electrons. The molecule has 0 spiro atoms. The summed E-state index contributed by atoms with van der Waals surface area (Å²) in [6.45, 7) is 1.85. The summed E-state index contributed by atoms with van der Waals surface area (Å²) in [6.07, 6.45) is 0. The third-order valence-electron chi connectivity index (χ3n) is 2.66. The van der Waals surface area contributed by atoms with Gasteiger partial charge < -0.3 is 11.1 Å². The van der Waals surface area contributed by atoms with E-state index in [1.807, 2.05) is 24.4 Å². The minimum Gasteiger partial charge on any atom is -0.375 e. The van der Waals surface area contributed by atoms with Crippen molar-refractivity contribution in [3.63, 3.8) is 0 Å². The largest absolute Gasteiger partial charge is 0.375 e. The van der Waals surface area contributed by atoms with E-state index >= 15 is 0 Å². The SMILES string of the molecule is CC(Nc1cc(C(N)=O)c(F)cc1F)c1cccs1. The predicted octanol–water partition coefficient (Wildman–Crippen LogP) is 3.30. The molecule has 3 N–H and O–H groups in total. The average molecular weight is 282 g/mol. The first kappa shape index (κ1) is 13.5. The number of hydrogen-bond donors (Lipinski definition) is 2. The Morgan fingerprint density at radius 3 is 2.68 bits per heavy atom. The van der Waals surface area contributed by atoms with E-state index in [9.17, 15) is 13.6 Å². The number of nitrogens with two attached hydrogens (primary N) is 1. The van der Waals surface area contributed by atoms with Gasteiger partial charge in [0.25, 0.3) is 5.91 Å². The molecule has 1 aromatic heterocycles. The van der Waals surface area contributed by atoms with Crippen molar-refractivity contribution < 1.29 is 13.6 Å². The van der Waals surface area contributed by atoms with E-state index in [1.54, 1.807) is 0 Å². The van der Waals surface area contributed by atoms with Gasteiger partial charge in [-0.1, -0.05) is 6.07 Å². The Kier molecular flexibility index (Phi) is 3.80. The van der Waals surface area contributed by atoms with Crippen LogP contribution in [0.3, 0.4) is 0 Å². The maximum atomic E-state index is 13.6. The molecule has 1 atom stereocenters. The molecule has 1 unspecified atom stereocenters. The summed E-state index contributed by atoms with van der Waals surface area (Å²) in [6, 6.07) is 5.38. The lowest BCUT2D eigenvalue weighted by molar-refractivity contribution is 0.0996. The van der Waals surface area contributed by atoms with E-state index in [0.29, 0.717) is 6.07 Å². The van der Waals surface area contributed by atoms with Crippen LogP contribution in [0.2, 0.25) is 0 Å². The third kappa shape index (κ3) is 2.90. The van der Waals surface area contributed by atoms with Gasteiger partial charge in [-0.3, -0.25) is 4.79 Å². The second-order valence-corrected chi connectivity index (χ2v) is 5.04. The van der Waals surface area contributed by atoms with Gasteiger partial charge >= 0.3 is 0 Å². The molecule has 0 aliphatic heterocycles. The first-order chi connectivity index (χ1) is 8.99. The minimum atomic E-state index is -0.959. The number of hydrogen-bond acceptors (Lipinski definition) is 3. The standard InChI is InChI=1S/C13H12F2N2OS/c1-7(12-3-2-4-19-12)17-11-5-8(13(16)18)9(14)6-10(11)15/h2-7,17H,1H3,(H2,16,18). The zero-order valence-corrected chi connectivity index (χ0v) is 10.9. The van der Waals surface area contributed by atoms with Gasteiger partial charge in [-0.15, -0.1) is 11.3 Å². The highest BCUT2D eigenvalue weighted by Gasteiger charge is 2.15. The molecule has 0 bridgehead atoms. The van der Waals surface area contributed by atoms with Crippen LogP contribution in [0.25, 0.3) is 0 Å². The van der Waals surface area contributed by atoms with E-state index in [-0.39, 0.29) is 17.3 Å². The molecule has 19 heavy (non-hydrogen) atoms. The van der Waals surface area contributed by atoms with Crippen LogP contribution in [0.4, 0.5) is 14.5 Å². The van der Waals surface area contributed by atoms with Crippen molar-refractivity contribution in [2.24, 2.45) is 5.73 Å². The summed E-state index contributed by atoms with van der Waals surface area (Å²) in [7, 11) is 0. The molecule has 1 amide bonds. The number of anilines is 1. The van der Waals surface area contributed by atoms with Crippen molar-refractivity contribution in [2.75, 3.05) is 5.32 Å². The second kappa shape index (κ2) is 5.36. The molecule has 0 saturated heterocycles. The van der Waals surface area contributed by atoms with Crippen molar-refractivity contribution in [3.8, 4) is 0 Å². The highest BCUT2D eigenvalue weighted by Crippen LogP contribution is 2.26. The number of rotatable bonds is 4. The van der Waals surface area contributed by atoms with Gasteiger partial charge in [0, 0.05) is 10.9 Å². The fourth-order valence-electron chi connectivity index (χ4n) is 1.69. The molecular formula is C13H12F2N2OS. The maximum absolute atomic E-state index is 13.6. The first-order valence-electron chi connectivity index (χ1n) is 5.58. The lowest BCUT2D eigenvalue weighted by Gasteiger charge is -2.15. The molecule has 0 saturated carbocycles. The Bertz CT molecular complexity index is 599. The third-order valence-corrected chi connectivity index (χ3v) is 3.72. The summed E-state index contributed by atoms with van der Waals surface area (Å²) in [4.78, 5) is 12.0. The van der Waals surface area contributed by atoms with Gasteiger partial charge in [0.15, 0.2) is 0 Å². The Balaban J connectivity index is 2.30. The zero-order valence-electron chi connectivity index (χ0n) is 10.1. The van der Waals surface area contributed by atoms with E-state index in [2.05, 4.69) is 5.32 Å². The van der Waals surface area contributed by atoms with Gasteiger partial charge in [0.05, 0.1) is 17.3 Å². The predicted molar refractivity (Wildman–Crippen MR) is 71.2 cm³/mol. The number of nitrogens with one attached hydrogen (secondary N) is 1. The monoisotopic (exact) mass is 282 g/mol. The molecule has 2 rings (SSSR count). The molecule has 3 nitrogen and oxygen atoms in total. The molecule has 0 fully saturated rings. The van der Waals surface area contributed by atoms with Crippen molar-refractivity contribution in [2.45, 2.75) is 13.0 Å². The molecule has 0 aliphatic carbocycles. The van der Waals surface area contributed by atoms with Crippen LogP contribution in [0, 0.1) is 11.6 Å². The fraction of sp³-hybridized carbons (Fsp3) is 0.154. The lowest BCUT2D eigenvalue weighted by atomic mass is 10.1. The van der Waals surface area contributed by atoms with Crippen LogP contribution < -0.4 is 11.1 Å². The second-order valence-electron chi connectivity index (χ2n) is 4.06. The summed E-state index contributed by atoms with van der Waals surface area (Å²) >= 11 is 1.52. The number of benzene rings is 1. The van der Waals surface area contributed by atoms with Crippen molar-refractivity contribution in [1.82, 2.24) is 0 Å². The van der Waals surface area contributed by atoms with Crippen molar-refractivity contribution in [3.05, 3.63) is 51.7 Å². The van der Waals surface area contributed by atoms with Crippen LogP contribution in [-0.4, -0.2) is 5.91 Å². The molecule has 0 radical (unpaired) electrons. The number of thiophene rings is 1. The Hall–Kier alpha value is -1.95. The van der Waals surface area contributed by atoms with Gasteiger partial charge in [-0.25, -0.2) is 8.78 Å². The maximum Gasteiger partial charge on any atom is 0.251 e. The van der Waals surface area contributed by atoms with Crippen molar-refractivity contribution in [1.29, 1.82) is 0 Å². The van der Waals surface area contributed by atoms with Crippen LogP contribution in [0.1, 0.15) is 28.2 Å². The summed E-state index contributed by atoms with van der Waals surface area (Å²) in [5.74, 6) is -2.64. The normalized spacial score (nSPS) is 12.2. The topological polar surface area (TPSA) is 55.1 Å². The molecular weight excluding hydrogens is 270 g/mol. The van der Waals surface area contributed by atoms with Gasteiger partial charge in [0.1, 0.15) is 11.6 Å². The highest BCUT2D eigenvalue weighted by molar-refractivity contribution is 7.10. The van der Waals surface area contributed by atoms with Crippen molar-refractivity contribution >= 4 is 22.9 Å². The Labute approximate surface area is 113 Å². The molecule has 1 heterocycles. The van der Waals surface area contributed by atoms with Gasteiger partial charge in [0.2, 0.25) is 0 Å². The van der Waals surface area contributed by atoms with Crippen LogP contribution in [-0.2, 0) is 0 Å². The highest BCUT2D eigenvalue weighted by atomic mass is 32.1. The smallest absolute Gasteiger partial charge is 0.251 e. The van der Waals surface area contributed by atoms with E-state index < -0.39 is 17.5 Å². The van der Waals surface area contributed by atoms with E-state index in [1.165, 1.54) is 11.3 Å². The van der Waals surface area contributed by atoms with Crippen LogP contribution in [0.5, 0.6) is 0 Å². The Morgan fingerprint density at radius 1 is 1.37 bits per heavy atom. The van der Waals surface area contributed by atoms with Gasteiger partial charge in [-0.05, 0) is 24.4 Å². The number of carbonyl (C=O) groups is 1. The number of amides is 1. The lowest BCUT2D eigenvalue weighted by Crippen LogP contribution is -2.15. The molecule has 0 aliphatic rings. The fourth-order valence-corrected chi connectivity index (χ4v) is 2.42. The van der Waals surface area contributed by atoms with Crippen LogP contribution in [0.15, 0.2) is 29.6 Å². The molecule has 6 heteroatoms. The first-order valence-corrected chi connectivity index (χ1v) is 6.45. The van der Waals surface area contributed by atoms with E-state index in [0.717, 1.165) is 10.9 Å². The van der Waals surface area contributed by atoms with E-state index in [4.69, 9.17) is 5.73 Å². The number of primary amides is 1. The quantitative estimate of drug-likeness (QED) is 0.904. The van der Waals surface area contributed by atoms with Crippen LogP contribution >= 0.6 is 11.3 Å². The number of carbonyl (C=O) groups excluding carboxylic acids is 1. The average Bonchev–Trinajstić information content (AvgIpc) is 2.85. The molecule has 1 aromatic carbocycles. The van der Waals surface area contributed by atoms with Gasteiger partial charge in [-0.2, -0.15) is 0 Å². The summed E-state index contributed by atoms with van der Waals surface area (Å²) < 4.78 is 27.0. The minimum absolute atomic E-state index is 0.0519. The summed E-state index contributed by atoms with van der Waals surface area (Å²) in [5.41, 5.74) is 4.75. The molecule has 2 aromatic rings. The zero-order chi connectivity index (χ0) is 14.0. The number of halogens is 2. The summed E-state index contributed by atoms with van der Waals surface area (Å²) in [5, 5.41) is 4.80. The Morgan fingerprint density at radius 2 is 2.11 bits per heavy atom.